The first-order valence-electron chi connectivity index (χ1n) is 12.5. The number of methoxy groups -OCH3 is 1. The molecule has 207 valence electrons. The number of ether oxygens (including phenoxy) is 1. The zero-order valence-corrected chi connectivity index (χ0v) is 22.8. The van der Waals surface area contributed by atoms with Gasteiger partial charge in [0.25, 0.3) is 5.92 Å². The van der Waals surface area contributed by atoms with Gasteiger partial charge in [0, 0.05) is 6.42 Å². The van der Waals surface area contributed by atoms with E-state index in [1.807, 2.05) is 24.3 Å². The second-order valence-electron chi connectivity index (χ2n) is 11.0. The molecule has 2 aromatic rings. The molecule has 1 aromatic heterocycles. The van der Waals surface area contributed by atoms with E-state index in [0.29, 0.717) is 5.69 Å². The average Bonchev–Trinajstić information content (AvgIpc) is 3.44. The van der Waals surface area contributed by atoms with Crippen molar-refractivity contribution in [1.29, 1.82) is 0 Å². The number of imidazole rings is 1. The minimum absolute atomic E-state index is 0.233. The molecule has 2 amide bonds. The van der Waals surface area contributed by atoms with E-state index >= 15 is 0 Å². The number of alkyl carbamates (subject to hydrolysis) is 1. The minimum atomic E-state index is -3.10. The van der Waals surface area contributed by atoms with Gasteiger partial charge < -0.3 is 29.7 Å². The number of halogens is 2. The van der Waals surface area contributed by atoms with Crippen LogP contribution in [0.15, 0.2) is 30.5 Å². The lowest BCUT2D eigenvalue weighted by Crippen LogP contribution is -2.51. The third kappa shape index (κ3) is 6.71. The highest BCUT2D eigenvalue weighted by Gasteiger charge is 2.50. The van der Waals surface area contributed by atoms with E-state index in [-0.39, 0.29) is 11.7 Å². The highest BCUT2D eigenvalue weighted by molar-refractivity contribution is 6.47. The molecule has 0 bridgehead atoms. The summed E-state index contributed by atoms with van der Waals surface area (Å²) < 4.78 is 39.4. The molecule has 9 nitrogen and oxygen atoms in total. The molecule has 1 aromatic carbocycles. The summed E-state index contributed by atoms with van der Waals surface area (Å²) in [5.41, 5.74) is 0.276. The summed E-state index contributed by atoms with van der Waals surface area (Å²) in [6.45, 7) is 9.58. The number of likely N-dealkylation sites (tertiary alicyclic amines) is 1. The Morgan fingerprint density at radius 3 is 2.42 bits per heavy atom. The zero-order valence-electron chi connectivity index (χ0n) is 22.8. The number of nitrogens with one attached hydrogen (secondary N) is 2. The maximum Gasteiger partial charge on any atom is 0.407 e. The molecule has 3 rings (SSSR count). The van der Waals surface area contributed by atoms with E-state index < -0.39 is 54.2 Å². The first-order chi connectivity index (χ1) is 17.5. The van der Waals surface area contributed by atoms with Crippen LogP contribution in [-0.4, -0.2) is 76.3 Å². The van der Waals surface area contributed by atoms with Crippen LogP contribution >= 0.6 is 0 Å². The quantitative estimate of drug-likeness (QED) is 0.427. The molecular formula is C26H36BF2N4O5. The summed E-state index contributed by atoms with van der Waals surface area (Å²) in [6.07, 6.45) is 0.138. The Balaban J connectivity index is 1.77. The molecule has 3 N–H and O–H groups in total. The number of aromatic amines is 1. The van der Waals surface area contributed by atoms with Crippen LogP contribution in [0.1, 0.15) is 59.8 Å². The smallest absolute Gasteiger partial charge is 0.407 e. The van der Waals surface area contributed by atoms with Crippen molar-refractivity contribution < 1.29 is 32.9 Å². The maximum atomic E-state index is 14.5. The van der Waals surface area contributed by atoms with Gasteiger partial charge in [-0.2, -0.15) is 0 Å². The van der Waals surface area contributed by atoms with Gasteiger partial charge in [-0.25, -0.2) is 18.6 Å². The van der Waals surface area contributed by atoms with E-state index in [1.165, 1.54) is 13.3 Å². The van der Waals surface area contributed by atoms with Gasteiger partial charge in [-0.1, -0.05) is 43.6 Å². The maximum absolute atomic E-state index is 14.5. The van der Waals surface area contributed by atoms with Crippen molar-refractivity contribution in [2.24, 2.45) is 5.92 Å². The van der Waals surface area contributed by atoms with Crippen molar-refractivity contribution in [2.75, 3.05) is 13.7 Å². The first-order valence-corrected chi connectivity index (χ1v) is 12.5. The number of carbonyl (C=O) groups is 2. The second-order valence-corrected chi connectivity index (χ2v) is 11.0. The number of hydrogen-bond donors (Lipinski definition) is 3. The van der Waals surface area contributed by atoms with Gasteiger partial charge >= 0.3 is 13.6 Å². The molecule has 38 heavy (non-hydrogen) atoms. The summed E-state index contributed by atoms with van der Waals surface area (Å²) in [6, 6.07) is 5.27. The molecule has 1 aliphatic heterocycles. The molecule has 12 heteroatoms. The predicted molar refractivity (Wildman–Crippen MR) is 139 cm³/mol. The Kier molecular flexibility index (Phi) is 8.57. The minimum Gasteiger partial charge on any atom is -0.453 e. The number of alkyl halides is 2. The third-order valence-corrected chi connectivity index (χ3v) is 7.04. The largest absolute Gasteiger partial charge is 0.453 e. The summed E-state index contributed by atoms with van der Waals surface area (Å²) in [7, 11) is 2.74. The number of aromatic nitrogens is 2. The van der Waals surface area contributed by atoms with E-state index in [1.54, 1.807) is 49.0 Å². The number of rotatable bonds is 9. The monoisotopic (exact) mass is 533 g/mol. The van der Waals surface area contributed by atoms with E-state index in [9.17, 15) is 23.5 Å². The molecule has 1 aliphatic rings. The van der Waals surface area contributed by atoms with Gasteiger partial charge in [-0.05, 0) is 39.2 Å². The van der Waals surface area contributed by atoms with Crippen molar-refractivity contribution in [2.45, 2.75) is 77.2 Å². The molecular weight excluding hydrogens is 497 g/mol. The lowest BCUT2D eigenvalue weighted by molar-refractivity contribution is -0.136. The molecule has 2 unspecified atom stereocenters. The summed E-state index contributed by atoms with van der Waals surface area (Å²) >= 11 is 0. The number of benzene rings is 1. The lowest BCUT2D eigenvalue weighted by Gasteiger charge is -2.37. The van der Waals surface area contributed by atoms with Gasteiger partial charge in [0.2, 0.25) is 5.91 Å². The first kappa shape index (κ1) is 29.6. The standard InChI is InChI=1S/C26H36BF2N4O5/c1-15(2)20(32-23(35)37-7)22(34)33-14-26(28,29)12-19(33)21-30-13-18(31-21)16-8-10-17(11-9-16)27-38-25(5,6)24(3,4)36/h8-11,13,15,19-20,36H,12,14H2,1-7H3,(H,30,31)(H,32,35). The molecule has 1 fully saturated rings. The van der Waals surface area contributed by atoms with E-state index in [4.69, 9.17) is 4.65 Å². The van der Waals surface area contributed by atoms with E-state index in [2.05, 4.69) is 20.0 Å². The van der Waals surface area contributed by atoms with Crippen LogP contribution in [0.4, 0.5) is 13.6 Å². The van der Waals surface area contributed by atoms with Crippen molar-refractivity contribution in [3.05, 3.63) is 36.3 Å². The van der Waals surface area contributed by atoms with Crippen molar-refractivity contribution in [1.82, 2.24) is 20.2 Å². The Hall–Kier alpha value is -2.99. The molecule has 1 saturated heterocycles. The van der Waals surface area contributed by atoms with Gasteiger partial charge in [-0.3, -0.25) is 4.79 Å². The van der Waals surface area contributed by atoms with Crippen molar-refractivity contribution in [3.63, 3.8) is 0 Å². The number of carbonyl (C=O) groups excluding carboxylic acids is 2. The van der Waals surface area contributed by atoms with E-state index in [0.717, 1.165) is 15.9 Å². The van der Waals surface area contributed by atoms with Crippen LogP contribution in [-0.2, 0) is 14.2 Å². The number of amides is 2. The number of nitrogens with zero attached hydrogens (tertiary/aromatic N) is 2. The lowest BCUT2D eigenvalue weighted by atomic mass is 9.82. The topological polar surface area (TPSA) is 117 Å². The highest BCUT2D eigenvalue weighted by atomic mass is 19.3. The van der Waals surface area contributed by atoms with Crippen LogP contribution in [0.5, 0.6) is 0 Å². The normalized spacial score (nSPS) is 18.4. The highest BCUT2D eigenvalue weighted by Crippen LogP contribution is 2.41. The average molecular weight is 533 g/mol. The third-order valence-electron chi connectivity index (χ3n) is 7.04. The van der Waals surface area contributed by atoms with Gasteiger partial charge in [0.15, 0.2) is 0 Å². The number of hydrogen-bond acceptors (Lipinski definition) is 6. The van der Waals surface area contributed by atoms with Crippen LogP contribution in [0.2, 0.25) is 0 Å². The Bertz CT molecular complexity index is 1130. The molecule has 0 aliphatic carbocycles. The predicted octanol–water partition coefficient (Wildman–Crippen LogP) is 3.18. The van der Waals surface area contributed by atoms with Gasteiger partial charge in [-0.15, -0.1) is 0 Å². The Labute approximate surface area is 222 Å². The van der Waals surface area contributed by atoms with Crippen LogP contribution < -0.4 is 10.8 Å². The summed E-state index contributed by atoms with van der Waals surface area (Å²) in [4.78, 5) is 33.5. The summed E-state index contributed by atoms with van der Waals surface area (Å²) in [5, 5.41) is 12.7. The van der Waals surface area contributed by atoms with Gasteiger partial charge in [0.1, 0.15) is 11.9 Å². The van der Waals surface area contributed by atoms with Crippen LogP contribution in [0, 0.1) is 5.92 Å². The SMILES string of the molecule is COC(=O)NC(C(=O)N1CC(F)(F)CC1c1ncc(-c2ccc([B]OC(C)(C)C(C)(C)O)cc2)[nH]1)C(C)C. The van der Waals surface area contributed by atoms with Crippen LogP contribution in [0.25, 0.3) is 11.3 Å². The Morgan fingerprint density at radius 2 is 1.87 bits per heavy atom. The van der Waals surface area contributed by atoms with Crippen molar-refractivity contribution in [3.8, 4) is 11.3 Å². The van der Waals surface area contributed by atoms with Crippen molar-refractivity contribution >= 4 is 24.9 Å². The number of H-pyrrole nitrogens is 1. The fourth-order valence-electron chi connectivity index (χ4n) is 3.92. The zero-order chi connectivity index (χ0) is 28.5. The fourth-order valence-corrected chi connectivity index (χ4v) is 3.92. The summed E-state index contributed by atoms with van der Waals surface area (Å²) in [5.74, 6) is -3.84. The molecule has 0 spiro atoms. The number of aliphatic hydroxyl groups is 1. The molecule has 0 saturated carbocycles. The molecule has 2 heterocycles. The van der Waals surface area contributed by atoms with Gasteiger partial charge in [0.05, 0.1) is 42.8 Å². The fraction of sp³-hybridized carbons (Fsp3) is 0.577. The molecule has 1 radical (unpaired) electrons. The second kappa shape index (κ2) is 11.0. The Morgan fingerprint density at radius 1 is 1.24 bits per heavy atom. The van der Waals surface area contributed by atoms with Crippen LogP contribution in [0.3, 0.4) is 0 Å². The molecule has 2 atom stereocenters.